The van der Waals surface area contributed by atoms with E-state index in [1.54, 1.807) is 0 Å². The third kappa shape index (κ3) is 7.93. The van der Waals surface area contributed by atoms with E-state index >= 15 is 0 Å². The van der Waals surface area contributed by atoms with Crippen LogP contribution in [-0.4, -0.2) is 73.6 Å². The first kappa shape index (κ1) is 24.7. The molecule has 3 unspecified atom stereocenters. The van der Waals surface area contributed by atoms with Crippen LogP contribution in [0.25, 0.3) is 10.4 Å². The highest BCUT2D eigenvalue weighted by Gasteiger charge is 2.52. The van der Waals surface area contributed by atoms with E-state index in [-0.39, 0.29) is 0 Å². The molecule has 166 valence electrons. The molecule has 14 nitrogen and oxygen atoms in total. The van der Waals surface area contributed by atoms with Gasteiger partial charge in [-0.3, -0.25) is 24.0 Å². The fourth-order valence-corrected chi connectivity index (χ4v) is 2.65. The zero-order valence-electron chi connectivity index (χ0n) is 16.7. The van der Waals surface area contributed by atoms with Gasteiger partial charge < -0.3 is 29.0 Å². The van der Waals surface area contributed by atoms with Crippen LogP contribution in [0.2, 0.25) is 0 Å². The SMILES string of the molecule is CC(=O)OCC1OC(OC(C)=O)[C@@H](NC(=O)CN=[N+]=[N-])C(OC(C)=O)[C@H]1OC(C)=O. The van der Waals surface area contributed by atoms with Crippen molar-refractivity contribution < 1.29 is 47.7 Å². The molecule has 0 aromatic carbocycles. The molecule has 1 rings (SSSR count). The molecular formula is C16H22N4O10. The Morgan fingerprint density at radius 3 is 2.00 bits per heavy atom. The van der Waals surface area contributed by atoms with Gasteiger partial charge in [0.1, 0.15) is 25.3 Å². The molecule has 14 heteroatoms. The lowest BCUT2D eigenvalue weighted by molar-refractivity contribution is -0.271. The summed E-state index contributed by atoms with van der Waals surface area (Å²) in [5.41, 5.74) is 8.36. The molecule has 1 N–H and O–H groups in total. The van der Waals surface area contributed by atoms with Crippen LogP contribution in [0.5, 0.6) is 0 Å². The van der Waals surface area contributed by atoms with Gasteiger partial charge in [-0.05, 0) is 5.53 Å². The second-order valence-corrected chi connectivity index (χ2v) is 6.09. The summed E-state index contributed by atoms with van der Waals surface area (Å²) in [5.74, 6) is -3.86. The minimum absolute atomic E-state index is 0.428. The van der Waals surface area contributed by atoms with Gasteiger partial charge in [0, 0.05) is 32.6 Å². The number of nitrogens with zero attached hydrogens (tertiary/aromatic N) is 3. The van der Waals surface area contributed by atoms with Gasteiger partial charge in [0.25, 0.3) is 0 Å². The smallest absolute Gasteiger partial charge is 0.305 e. The Labute approximate surface area is 170 Å². The van der Waals surface area contributed by atoms with Crippen LogP contribution >= 0.6 is 0 Å². The van der Waals surface area contributed by atoms with E-state index in [0.717, 1.165) is 27.7 Å². The van der Waals surface area contributed by atoms with Crippen molar-refractivity contribution in [2.75, 3.05) is 13.2 Å². The number of rotatable bonds is 8. The number of amides is 1. The van der Waals surface area contributed by atoms with E-state index in [9.17, 15) is 24.0 Å². The summed E-state index contributed by atoms with van der Waals surface area (Å²) in [5, 5.41) is 5.48. The van der Waals surface area contributed by atoms with Crippen LogP contribution in [-0.2, 0) is 47.7 Å². The van der Waals surface area contributed by atoms with Crippen molar-refractivity contribution in [3.63, 3.8) is 0 Å². The third-order valence-corrected chi connectivity index (χ3v) is 3.59. The monoisotopic (exact) mass is 430 g/mol. The molecular weight excluding hydrogens is 408 g/mol. The molecule has 1 heterocycles. The fourth-order valence-electron chi connectivity index (χ4n) is 2.65. The van der Waals surface area contributed by atoms with Crippen LogP contribution in [0.4, 0.5) is 0 Å². The summed E-state index contributed by atoms with van der Waals surface area (Å²) in [6, 6.07) is -1.34. The maximum Gasteiger partial charge on any atom is 0.305 e. The highest BCUT2D eigenvalue weighted by molar-refractivity contribution is 5.79. The summed E-state index contributed by atoms with van der Waals surface area (Å²) < 4.78 is 25.9. The Morgan fingerprint density at radius 1 is 0.933 bits per heavy atom. The number of azide groups is 1. The van der Waals surface area contributed by atoms with Gasteiger partial charge in [0.15, 0.2) is 12.2 Å². The Bertz CT molecular complexity index is 736. The first-order chi connectivity index (χ1) is 14.0. The van der Waals surface area contributed by atoms with E-state index < -0.39 is 73.6 Å². The van der Waals surface area contributed by atoms with Crippen molar-refractivity contribution in [1.82, 2.24) is 5.32 Å². The molecule has 0 aliphatic carbocycles. The largest absolute Gasteiger partial charge is 0.463 e. The highest BCUT2D eigenvalue weighted by atomic mass is 16.7. The van der Waals surface area contributed by atoms with Gasteiger partial charge in [-0.15, -0.1) is 0 Å². The second kappa shape index (κ2) is 11.6. The van der Waals surface area contributed by atoms with Gasteiger partial charge >= 0.3 is 23.9 Å². The summed E-state index contributed by atoms with van der Waals surface area (Å²) >= 11 is 0. The molecule has 5 atom stereocenters. The maximum absolute atomic E-state index is 12.1. The minimum atomic E-state index is -1.51. The number of ether oxygens (including phenoxy) is 5. The average Bonchev–Trinajstić information content (AvgIpc) is 2.62. The van der Waals surface area contributed by atoms with Gasteiger partial charge in [0.05, 0.1) is 0 Å². The molecule has 1 fully saturated rings. The maximum atomic E-state index is 12.1. The van der Waals surface area contributed by atoms with Crippen molar-refractivity contribution in [2.24, 2.45) is 5.11 Å². The first-order valence-corrected chi connectivity index (χ1v) is 8.65. The molecule has 0 saturated carbocycles. The molecule has 1 saturated heterocycles. The van der Waals surface area contributed by atoms with Crippen molar-refractivity contribution in [3.8, 4) is 0 Å². The van der Waals surface area contributed by atoms with Crippen molar-refractivity contribution in [1.29, 1.82) is 0 Å². The number of carbonyl (C=O) groups is 5. The number of carbonyl (C=O) groups excluding carboxylic acids is 5. The number of esters is 4. The summed E-state index contributed by atoms with van der Waals surface area (Å²) in [6.07, 6.45) is -5.42. The normalized spacial score (nSPS) is 25.1. The van der Waals surface area contributed by atoms with E-state index in [0.29, 0.717) is 0 Å². The molecule has 0 bridgehead atoms. The predicted molar refractivity (Wildman–Crippen MR) is 94.1 cm³/mol. The van der Waals surface area contributed by atoms with Gasteiger partial charge in [0.2, 0.25) is 12.2 Å². The van der Waals surface area contributed by atoms with Crippen LogP contribution < -0.4 is 5.32 Å². The van der Waals surface area contributed by atoms with Gasteiger partial charge in [-0.25, -0.2) is 0 Å². The summed E-state index contributed by atoms with van der Waals surface area (Å²) in [7, 11) is 0. The van der Waals surface area contributed by atoms with Crippen LogP contribution in [0.3, 0.4) is 0 Å². The third-order valence-electron chi connectivity index (χ3n) is 3.59. The van der Waals surface area contributed by atoms with Crippen molar-refractivity contribution in [3.05, 3.63) is 10.4 Å². The lowest BCUT2D eigenvalue weighted by atomic mass is 9.96. The standard InChI is InChI=1S/C16H22N4O10/c1-7(21)26-6-11-14(27-8(2)22)15(28-9(3)23)13(16(30-11)29-10(4)24)19-12(25)5-18-20-17/h11,13-16H,5-6H2,1-4H3,(H,19,25)/t11?,13-,14-,15?,16?/m0/s1. The van der Waals surface area contributed by atoms with Crippen LogP contribution in [0.15, 0.2) is 5.11 Å². The number of hydrogen-bond acceptors (Lipinski definition) is 11. The van der Waals surface area contributed by atoms with Gasteiger partial charge in [-0.2, -0.15) is 0 Å². The van der Waals surface area contributed by atoms with Crippen molar-refractivity contribution in [2.45, 2.75) is 58.3 Å². The fraction of sp³-hybridized carbons (Fsp3) is 0.688. The lowest BCUT2D eigenvalue weighted by Gasteiger charge is -2.44. The van der Waals surface area contributed by atoms with Crippen LogP contribution in [0.1, 0.15) is 27.7 Å². The predicted octanol–water partition coefficient (Wildman–Crippen LogP) is -0.504. The van der Waals surface area contributed by atoms with Gasteiger partial charge in [-0.1, -0.05) is 5.11 Å². The minimum Gasteiger partial charge on any atom is -0.463 e. The number of nitrogens with one attached hydrogen (secondary N) is 1. The zero-order valence-corrected chi connectivity index (χ0v) is 16.7. The molecule has 1 amide bonds. The molecule has 0 radical (unpaired) electrons. The Kier molecular flexibility index (Phi) is 9.52. The average molecular weight is 430 g/mol. The lowest BCUT2D eigenvalue weighted by Crippen LogP contribution is -2.67. The first-order valence-electron chi connectivity index (χ1n) is 8.65. The van der Waals surface area contributed by atoms with E-state index in [2.05, 4.69) is 15.3 Å². The summed E-state index contributed by atoms with van der Waals surface area (Å²) in [6.45, 7) is 3.32. The Balaban J connectivity index is 3.33. The van der Waals surface area contributed by atoms with E-state index in [1.165, 1.54) is 0 Å². The molecule has 30 heavy (non-hydrogen) atoms. The highest BCUT2D eigenvalue weighted by Crippen LogP contribution is 2.28. The van der Waals surface area contributed by atoms with E-state index in [4.69, 9.17) is 29.2 Å². The second-order valence-electron chi connectivity index (χ2n) is 6.09. The van der Waals surface area contributed by atoms with Crippen molar-refractivity contribution >= 4 is 29.8 Å². The Morgan fingerprint density at radius 2 is 1.50 bits per heavy atom. The van der Waals surface area contributed by atoms with Crippen LogP contribution in [0, 0.1) is 0 Å². The summed E-state index contributed by atoms with van der Waals surface area (Å²) in [4.78, 5) is 60.5. The topological polar surface area (TPSA) is 192 Å². The molecule has 1 aliphatic heterocycles. The molecule has 0 spiro atoms. The quantitative estimate of drug-likeness (QED) is 0.172. The molecule has 0 aromatic heterocycles. The Hall–Kier alpha value is -3.38. The molecule has 1 aliphatic rings. The number of hydrogen-bond donors (Lipinski definition) is 1. The molecule has 0 aromatic rings. The zero-order chi connectivity index (χ0) is 22.8. The van der Waals surface area contributed by atoms with E-state index in [1.807, 2.05) is 0 Å².